The van der Waals surface area contributed by atoms with Gasteiger partial charge in [0.15, 0.2) is 5.78 Å². The first-order valence-electron chi connectivity index (χ1n) is 7.28. The summed E-state index contributed by atoms with van der Waals surface area (Å²) >= 11 is 0. The fourth-order valence-electron chi connectivity index (χ4n) is 3.15. The van der Waals surface area contributed by atoms with Crippen LogP contribution in [0.5, 0.6) is 0 Å². The van der Waals surface area contributed by atoms with Crippen LogP contribution in [0, 0.1) is 12.3 Å². The summed E-state index contributed by atoms with van der Waals surface area (Å²) in [6.07, 6.45) is 1.42. The molecule has 0 saturated carbocycles. The summed E-state index contributed by atoms with van der Waals surface area (Å²) in [7, 11) is 0. The molecule has 0 radical (unpaired) electrons. The monoisotopic (exact) mass is 276 g/mol. The van der Waals surface area contributed by atoms with Crippen molar-refractivity contribution in [1.29, 1.82) is 0 Å². The molecule has 0 fully saturated rings. The maximum atomic E-state index is 12.3. The number of nitrogens with one attached hydrogen (secondary N) is 1. The molecule has 1 amide bonds. The van der Waals surface area contributed by atoms with E-state index < -0.39 is 0 Å². The number of aryl methyl sites for hydroxylation is 1. The van der Waals surface area contributed by atoms with E-state index >= 15 is 0 Å². The molecule has 4 heteroatoms. The minimum Gasteiger partial charge on any atom is -0.355 e. The van der Waals surface area contributed by atoms with Gasteiger partial charge in [0, 0.05) is 29.9 Å². The van der Waals surface area contributed by atoms with Crippen molar-refractivity contribution >= 4 is 11.7 Å². The number of Topliss-reactive ketones (excluding diaryl/α,β-unsaturated/α-hetero) is 1. The van der Waals surface area contributed by atoms with Crippen LogP contribution >= 0.6 is 0 Å². The SMILES string of the molecule is CCNC(=O)C(C)n1c(C)cc2c1CC(C)(C)CC2=O. The van der Waals surface area contributed by atoms with Gasteiger partial charge < -0.3 is 9.88 Å². The smallest absolute Gasteiger partial charge is 0.242 e. The largest absolute Gasteiger partial charge is 0.355 e. The number of ketones is 1. The van der Waals surface area contributed by atoms with Gasteiger partial charge in [0.25, 0.3) is 0 Å². The van der Waals surface area contributed by atoms with Crippen molar-refractivity contribution in [3.63, 3.8) is 0 Å². The van der Waals surface area contributed by atoms with Gasteiger partial charge >= 0.3 is 0 Å². The molecule has 1 aliphatic rings. The second-order valence-corrected chi connectivity index (χ2v) is 6.53. The molecule has 1 atom stereocenters. The van der Waals surface area contributed by atoms with Crippen molar-refractivity contribution < 1.29 is 9.59 Å². The van der Waals surface area contributed by atoms with Crippen LogP contribution in [0.3, 0.4) is 0 Å². The van der Waals surface area contributed by atoms with E-state index in [1.54, 1.807) is 0 Å². The van der Waals surface area contributed by atoms with Gasteiger partial charge in [-0.15, -0.1) is 0 Å². The number of hydrogen-bond donors (Lipinski definition) is 1. The third kappa shape index (κ3) is 2.51. The van der Waals surface area contributed by atoms with E-state index in [9.17, 15) is 9.59 Å². The van der Waals surface area contributed by atoms with Crippen LogP contribution < -0.4 is 5.32 Å². The van der Waals surface area contributed by atoms with Crippen LogP contribution in [-0.2, 0) is 11.2 Å². The predicted molar refractivity (Wildman–Crippen MR) is 79.0 cm³/mol. The Kier molecular flexibility index (Phi) is 3.76. The highest BCUT2D eigenvalue weighted by atomic mass is 16.2. The van der Waals surface area contributed by atoms with Gasteiger partial charge in [-0.2, -0.15) is 0 Å². The Hall–Kier alpha value is -1.58. The first kappa shape index (κ1) is 14.8. The van der Waals surface area contributed by atoms with E-state index in [4.69, 9.17) is 0 Å². The van der Waals surface area contributed by atoms with Gasteiger partial charge in [0.1, 0.15) is 6.04 Å². The average molecular weight is 276 g/mol. The summed E-state index contributed by atoms with van der Waals surface area (Å²) in [6.45, 7) is 10.6. The molecule has 1 aliphatic carbocycles. The molecule has 0 aliphatic heterocycles. The molecule has 0 aromatic carbocycles. The van der Waals surface area contributed by atoms with Crippen molar-refractivity contribution in [2.24, 2.45) is 5.41 Å². The number of fused-ring (bicyclic) bond motifs is 1. The molecule has 4 nitrogen and oxygen atoms in total. The highest BCUT2D eigenvalue weighted by molar-refractivity contribution is 5.99. The lowest BCUT2D eigenvalue weighted by molar-refractivity contribution is -0.123. The zero-order valence-corrected chi connectivity index (χ0v) is 13.0. The van der Waals surface area contributed by atoms with Gasteiger partial charge in [-0.25, -0.2) is 0 Å². The second-order valence-electron chi connectivity index (χ2n) is 6.53. The Morgan fingerprint density at radius 3 is 2.70 bits per heavy atom. The summed E-state index contributed by atoms with van der Waals surface area (Å²) in [5.74, 6) is 0.200. The number of amides is 1. The normalized spacial score (nSPS) is 18.6. The van der Waals surface area contributed by atoms with E-state index in [0.717, 1.165) is 23.4 Å². The Morgan fingerprint density at radius 1 is 1.45 bits per heavy atom. The van der Waals surface area contributed by atoms with Gasteiger partial charge in [0.2, 0.25) is 5.91 Å². The predicted octanol–water partition coefficient (Wildman–Crippen LogP) is 2.65. The van der Waals surface area contributed by atoms with E-state index in [1.165, 1.54) is 0 Å². The number of rotatable bonds is 3. The minimum atomic E-state index is -0.277. The number of likely N-dealkylation sites (N-methyl/N-ethyl adjacent to an activating group) is 1. The van der Waals surface area contributed by atoms with E-state index in [1.807, 2.05) is 31.4 Å². The van der Waals surface area contributed by atoms with Gasteiger partial charge in [-0.3, -0.25) is 9.59 Å². The lowest BCUT2D eigenvalue weighted by atomic mass is 9.76. The molecule has 110 valence electrons. The van der Waals surface area contributed by atoms with Crippen molar-refractivity contribution in [1.82, 2.24) is 9.88 Å². The summed E-state index contributed by atoms with van der Waals surface area (Å²) in [5, 5.41) is 2.85. The molecule has 1 unspecified atom stereocenters. The van der Waals surface area contributed by atoms with E-state index in [0.29, 0.717) is 13.0 Å². The van der Waals surface area contributed by atoms with Gasteiger partial charge in [0.05, 0.1) is 0 Å². The first-order valence-corrected chi connectivity index (χ1v) is 7.28. The molecule has 20 heavy (non-hydrogen) atoms. The third-order valence-corrected chi connectivity index (χ3v) is 4.04. The topological polar surface area (TPSA) is 51.1 Å². The molecule has 0 spiro atoms. The number of nitrogens with zero attached hydrogens (tertiary/aromatic N) is 1. The lowest BCUT2D eigenvalue weighted by Crippen LogP contribution is -2.34. The van der Waals surface area contributed by atoms with Crippen LogP contribution in [0.2, 0.25) is 0 Å². The summed E-state index contributed by atoms with van der Waals surface area (Å²) in [6, 6.07) is 1.66. The van der Waals surface area contributed by atoms with Crippen molar-refractivity contribution in [2.75, 3.05) is 6.54 Å². The lowest BCUT2D eigenvalue weighted by Gasteiger charge is -2.31. The maximum Gasteiger partial charge on any atom is 0.242 e. The molecule has 1 aromatic rings. The minimum absolute atomic E-state index is 0.00447. The van der Waals surface area contributed by atoms with Crippen molar-refractivity contribution in [3.05, 3.63) is 23.0 Å². The molecule has 2 rings (SSSR count). The quantitative estimate of drug-likeness (QED) is 0.922. The second kappa shape index (κ2) is 5.08. The Labute approximate surface area is 120 Å². The number of carbonyl (C=O) groups is 2. The van der Waals surface area contributed by atoms with Gasteiger partial charge in [-0.1, -0.05) is 13.8 Å². The van der Waals surface area contributed by atoms with E-state index in [-0.39, 0.29) is 23.1 Å². The zero-order chi connectivity index (χ0) is 15.1. The molecule has 1 aromatic heterocycles. The zero-order valence-electron chi connectivity index (χ0n) is 13.0. The molecule has 1 heterocycles. The first-order chi connectivity index (χ1) is 9.26. The van der Waals surface area contributed by atoms with Gasteiger partial charge in [-0.05, 0) is 38.7 Å². The van der Waals surface area contributed by atoms with Crippen molar-refractivity contribution in [3.8, 4) is 0 Å². The Bertz CT molecular complexity index is 555. The Balaban J connectivity index is 2.46. The number of aromatic nitrogens is 1. The standard InChI is InChI=1S/C16H24N2O2/c1-6-17-15(20)11(3)18-10(2)7-12-13(18)8-16(4,5)9-14(12)19/h7,11H,6,8-9H2,1-5H3,(H,17,20). The highest BCUT2D eigenvalue weighted by Crippen LogP contribution is 2.37. The molecular formula is C16H24N2O2. The molecule has 1 N–H and O–H groups in total. The highest BCUT2D eigenvalue weighted by Gasteiger charge is 2.35. The van der Waals surface area contributed by atoms with Crippen LogP contribution in [-0.4, -0.2) is 22.8 Å². The molecular weight excluding hydrogens is 252 g/mol. The number of carbonyl (C=O) groups excluding carboxylic acids is 2. The maximum absolute atomic E-state index is 12.3. The fourth-order valence-corrected chi connectivity index (χ4v) is 3.15. The summed E-state index contributed by atoms with van der Waals surface area (Å²) in [4.78, 5) is 24.4. The summed E-state index contributed by atoms with van der Waals surface area (Å²) in [5.41, 5.74) is 2.77. The van der Waals surface area contributed by atoms with Crippen LogP contribution in [0.1, 0.15) is 61.9 Å². The average Bonchev–Trinajstić information content (AvgIpc) is 2.64. The summed E-state index contributed by atoms with van der Waals surface area (Å²) < 4.78 is 2.03. The number of hydrogen-bond acceptors (Lipinski definition) is 2. The fraction of sp³-hybridized carbons (Fsp3) is 0.625. The van der Waals surface area contributed by atoms with Crippen LogP contribution in [0.25, 0.3) is 0 Å². The van der Waals surface area contributed by atoms with Crippen LogP contribution in [0.15, 0.2) is 6.07 Å². The van der Waals surface area contributed by atoms with Crippen molar-refractivity contribution in [2.45, 2.75) is 53.5 Å². The molecule has 0 bridgehead atoms. The van der Waals surface area contributed by atoms with E-state index in [2.05, 4.69) is 19.2 Å². The molecule has 0 saturated heterocycles. The van der Waals surface area contributed by atoms with Crippen LogP contribution in [0.4, 0.5) is 0 Å². The third-order valence-electron chi connectivity index (χ3n) is 4.04. The Morgan fingerprint density at radius 2 is 2.10 bits per heavy atom.